The number of ether oxygens (including phenoxy) is 1. The molecule has 3 heteroatoms. The van der Waals surface area contributed by atoms with Gasteiger partial charge in [-0.1, -0.05) is 44.9 Å². The van der Waals surface area contributed by atoms with E-state index in [1.807, 2.05) is 0 Å². The van der Waals surface area contributed by atoms with Crippen molar-refractivity contribution in [3.8, 4) is 0 Å². The lowest BCUT2D eigenvalue weighted by atomic mass is 10.0. The van der Waals surface area contributed by atoms with Gasteiger partial charge in [-0.2, -0.15) is 0 Å². The summed E-state index contributed by atoms with van der Waals surface area (Å²) in [5, 5.41) is 8.64. The monoisotopic (exact) mass is 256 g/mol. The Morgan fingerprint density at radius 2 is 1.50 bits per heavy atom. The normalized spacial score (nSPS) is 19.2. The fourth-order valence-electron chi connectivity index (χ4n) is 2.51. The Balaban J connectivity index is 1.75. The van der Waals surface area contributed by atoms with Crippen molar-refractivity contribution >= 4 is 5.97 Å². The van der Waals surface area contributed by atoms with Crippen LogP contribution in [0.4, 0.5) is 0 Å². The van der Waals surface area contributed by atoms with Crippen LogP contribution in [-0.4, -0.2) is 23.8 Å². The maximum absolute atomic E-state index is 10.9. The lowest BCUT2D eigenvalue weighted by Gasteiger charge is -2.08. The van der Waals surface area contributed by atoms with Crippen LogP contribution >= 0.6 is 0 Å². The van der Waals surface area contributed by atoms with Gasteiger partial charge in [-0.3, -0.25) is 4.79 Å². The van der Waals surface area contributed by atoms with Crippen molar-refractivity contribution in [1.82, 2.24) is 0 Å². The number of aliphatic hydroxyl groups is 1. The van der Waals surface area contributed by atoms with Gasteiger partial charge in [0.15, 0.2) is 0 Å². The molecule has 1 heterocycles. The molecule has 1 fully saturated rings. The van der Waals surface area contributed by atoms with Crippen molar-refractivity contribution < 1.29 is 14.6 Å². The molecule has 0 aliphatic carbocycles. The highest BCUT2D eigenvalue weighted by Gasteiger charge is 2.22. The lowest BCUT2D eigenvalue weighted by molar-refractivity contribution is -0.141. The van der Waals surface area contributed by atoms with E-state index in [0.29, 0.717) is 13.0 Å². The van der Waals surface area contributed by atoms with Crippen LogP contribution in [0.5, 0.6) is 0 Å². The Morgan fingerprint density at radius 3 is 2.00 bits per heavy atom. The molecule has 1 aliphatic heterocycles. The number of hydrogen-bond donors (Lipinski definition) is 1. The fourth-order valence-corrected chi connectivity index (χ4v) is 2.51. The van der Waals surface area contributed by atoms with Crippen molar-refractivity contribution in [3.63, 3.8) is 0 Å². The summed E-state index contributed by atoms with van der Waals surface area (Å²) in [7, 11) is 0. The molecule has 106 valence electrons. The average molecular weight is 256 g/mol. The molecule has 0 aromatic heterocycles. The zero-order chi connectivity index (χ0) is 13.1. The van der Waals surface area contributed by atoms with Gasteiger partial charge in [0.25, 0.3) is 0 Å². The molecule has 0 radical (unpaired) electrons. The third-order valence-corrected chi connectivity index (χ3v) is 3.65. The summed E-state index contributed by atoms with van der Waals surface area (Å²) in [4.78, 5) is 10.9. The SMILES string of the molecule is O=C1CCC(CCCCCCCCCCCO)O1. The number of rotatable bonds is 11. The van der Waals surface area contributed by atoms with E-state index in [1.54, 1.807) is 0 Å². The average Bonchev–Trinajstić information content (AvgIpc) is 2.77. The van der Waals surface area contributed by atoms with Crippen molar-refractivity contribution in [1.29, 1.82) is 0 Å². The summed E-state index contributed by atoms with van der Waals surface area (Å²) in [6, 6.07) is 0. The van der Waals surface area contributed by atoms with E-state index in [1.165, 1.54) is 51.4 Å². The van der Waals surface area contributed by atoms with E-state index >= 15 is 0 Å². The van der Waals surface area contributed by atoms with Crippen molar-refractivity contribution in [2.45, 2.75) is 83.2 Å². The van der Waals surface area contributed by atoms with Crippen molar-refractivity contribution in [3.05, 3.63) is 0 Å². The zero-order valence-electron chi connectivity index (χ0n) is 11.5. The predicted molar refractivity (Wildman–Crippen MR) is 72.4 cm³/mol. The second-order valence-corrected chi connectivity index (χ2v) is 5.34. The second-order valence-electron chi connectivity index (χ2n) is 5.34. The lowest BCUT2D eigenvalue weighted by Crippen LogP contribution is -2.06. The van der Waals surface area contributed by atoms with Crippen molar-refractivity contribution in [2.75, 3.05) is 6.61 Å². The molecule has 0 spiro atoms. The molecular formula is C15H28O3. The molecule has 1 rings (SSSR count). The van der Waals surface area contributed by atoms with E-state index in [-0.39, 0.29) is 12.1 Å². The number of carbonyl (C=O) groups is 1. The smallest absolute Gasteiger partial charge is 0.306 e. The first-order valence-electron chi connectivity index (χ1n) is 7.63. The molecule has 0 bridgehead atoms. The van der Waals surface area contributed by atoms with Crippen LogP contribution in [0, 0.1) is 0 Å². The Kier molecular flexibility index (Phi) is 8.92. The molecule has 18 heavy (non-hydrogen) atoms. The van der Waals surface area contributed by atoms with E-state index in [2.05, 4.69) is 0 Å². The maximum Gasteiger partial charge on any atom is 0.306 e. The summed E-state index contributed by atoms with van der Waals surface area (Å²) in [6.45, 7) is 0.339. The first-order chi connectivity index (χ1) is 8.83. The minimum Gasteiger partial charge on any atom is -0.462 e. The van der Waals surface area contributed by atoms with Crippen LogP contribution in [0.3, 0.4) is 0 Å². The van der Waals surface area contributed by atoms with Crippen LogP contribution < -0.4 is 0 Å². The number of carbonyl (C=O) groups excluding carboxylic acids is 1. The largest absolute Gasteiger partial charge is 0.462 e. The maximum atomic E-state index is 10.9. The summed E-state index contributed by atoms with van der Waals surface area (Å²) in [5.41, 5.74) is 0. The van der Waals surface area contributed by atoms with Crippen LogP contribution in [-0.2, 0) is 9.53 Å². The third-order valence-electron chi connectivity index (χ3n) is 3.65. The summed E-state index contributed by atoms with van der Waals surface area (Å²) in [6.07, 6.45) is 13.9. The topological polar surface area (TPSA) is 46.5 Å². The Bertz CT molecular complexity index is 216. The first-order valence-corrected chi connectivity index (χ1v) is 7.63. The van der Waals surface area contributed by atoms with Gasteiger partial charge in [0.2, 0.25) is 0 Å². The second kappa shape index (κ2) is 10.4. The van der Waals surface area contributed by atoms with E-state index in [9.17, 15) is 4.79 Å². The molecular weight excluding hydrogens is 228 g/mol. The van der Waals surface area contributed by atoms with Gasteiger partial charge in [0, 0.05) is 13.0 Å². The highest BCUT2D eigenvalue weighted by Crippen LogP contribution is 2.20. The molecule has 3 nitrogen and oxygen atoms in total. The first kappa shape index (κ1) is 15.5. The number of unbranched alkanes of at least 4 members (excludes halogenated alkanes) is 8. The van der Waals surface area contributed by atoms with Crippen LogP contribution in [0.15, 0.2) is 0 Å². The van der Waals surface area contributed by atoms with Crippen molar-refractivity contribution in [2.24, 2.45) is 0 Å². The third kappa shape index (κ3) is 7.70. The zero-order valence-corrected chi connectivity index (χ0v) is 11.5. The van der Waals surface area contributed by atoms with Crippen LogP contribution in [0.1, 0.15) is 77.0 Å². The fraction of sp³-hybridized carbons (Fsp3) is 0.933. The Morgan fingerprint density at radius 1 is 0.944 bits per heavy atom. The van der Waals surface area contributed by atoms with E-state index < -0.39 is 0 Å². The van der Waals surface area contributed by atoms with Gasteiger partial charge < -0.3 is 9.84 Å². The van der Waals surface area contributed by atoms with Crippen LogP contribution in [0.25, 0.3) is 0 Å². The summed E-state index contributed by atoms with van der Waals surface area (Å²) in [5.74, 6) is -0.0112. The summed E-state index contributed by atoms with van der Waals surface area (Å²) >= 11 is 0. The number of hydrogen-bond acceptors (Lipinski definition) is 3. The molecule has 0 amide bonds. The molecule has 1 aliphatic rings. The van der Waals surface area contributed by atoms with Gasteiger partial charge in [-0.05, 0) is 25.7 Å². The molecule has 1 unspecified atom stereocenters. The van der Waals surface area contributed by atoms with Gasteiger partial charge in [0.05, 0.1) is 0 Å². The molecule has 0 saturated carbocycles. The van der Waals surface area contributed by atoms with E-state index in [0.717, 1.165) is 19.3 Å². The minimum absolute atomic E-state index is 0.0112. The predicted octanol–water partition coefficient (Wildman–Crippen LogP) is 3.59. The molecule has 1 atom stereocenters. The van der Waals surface area contributed by atoms with Gasteiger partial charge >= 0.3 is 5.97 Å². The molecule has 1 saturated heterocycles. The standard InChI is InChI=1S/C15H28O3/c16-13-9-7-5-3-1-2-4-6-8-10-14-11-12-15(17)18-14/h14,16H,1-13H2. The molecule has 0 aromatic carbocycles. The molecule has 0 aromatic rings. The van der Waals surface area contributed by atoms with Crippen LogP contribution in [0.2, 0.25) is 0 Å². The van der Waals surface area contributed by atoms with Gasteiger partial charge in [-0.15, -0.1) is 0 Å². The Labute approximate surface area is 111 Å². The summed E-state index contributed by atoms with van der Waals surface area (Å²) < 4.78 is 5.18. The Hall–Kier alpha value is -0.570. The minimum atomic E-state index is -0.0112. The van der Waals surface area contributed by atoms with Gasteiger partial charge in [-0.25, -0.2) is 0 Å². The van der Waals surface area contributed by atoms with Gasteiger partial charge in [0.1, 0.15) is 6.10 Å². The molecule has 1 N–H and O–H groups in total. The quantitative estimate of drug-likeness (QED) is 0.454. The van der Waals surface area contributed by atoms with E-state index in [4.69, 9.17) is 9.84 Å². The highest BCUT2D eigenvalue weighted by molar-refractivity contribution is 5.71. The number of aliphatic hydroxyl groups excluding tert-OH is 1. The highest BCUT2D eigenvalue weighted by atomic mass is 16.5. The number of cyclic esters (lactones) is 1. The number of esters is 1.